The summed E-state index contributed by atoms with van der Waals surface area (Å²) in [6, 6.07) is 14.2. The van der Waals surface area contributed by atoms with Crippen molar-refractivity contribution in [2.24, 2.45) is 9.98 Å². The molecule has 134 valence electrons. The van der Waals surface area contributed by atoms with Crippen molar-refractivity contribution in [2.45, 2.75) is 6.04 Å². The van der Waals surface area contributed by atoms with Crippen LogP contribution in [0.2, 0.25) is 5.02 Å². The van der Waals surface area contributed by atoms with Gasteiger partial charge < -0.3 is 9.73 Å². The molecule has 4 rings (SSSR count). The number of nitrogens with one attached hydrogen (secondary N) is 1. The van der Waals surface area contributed by atoms with E-state index in [1.165, 1.54) is 6.07 Å². The molecule has 6 nitrogen and oxygen atoms in total. The molecule has 0 aliphatic carbocycles. The van der Waals surface area contributed by atoms with Crippen molar-refractivity contribution in [3.63, 3.8) is 0 Å². The van der Waals surface area contributed by atoms with Gasteiger partial charge in [-0.3, -0.25) is 14.6 Å². The van der Waals surface area contributed by atoms with Crippen molar-refractivity contribution in [3.05, 3.63) is 86.3 Å². The monoisotopic (exact) mass is 443 g/mol. The van der Waals surface area contributed by atoms with E-state index in [0.717, 1.165) is 0 Å². The Morgan fingerprint density at radius 3 is 2.63 bits per heavy atom. The molecule has 2 amide bonds. The van der Waals surface area contributed by atoms with Crippen molar-refractivity contribution >= 4 is 45.0 Å². The minimum atomic E-state index is -0.891. The van der Waals surface area contributed by atoms with E-state index < -0.39 is 17.9 Å². The summed E-state index contributed by atoms with van der Waals surface area (Å²) >= 11 is 9.28. The number of fused-ring (bicyclic) bond motifs is 1. The fraction of sp³-hybridized carbons (Fsp3) is 0.0526. The summed E-state index contributed by atoms with van der Waals surface area (Å²) in [6.45, 7) is 0. The molecule has 1 atom stereocenters. The molecule has 0 spiro atoms. The predicted molar refractivity (Wildman–Crippen MR) is 102 cm³/mol. The number of nitrogens with zero attached hydrogens (tertiary/aromatic N) is 2. The van der Waals surface area contributed by atoms with E-state index in [-0.39, 0.29) is 5.76 Å². The second-order valence-electron chi connectivity index (χ2n) is 5.76. The van der Waals surface area contributed by atoms with Gasteiger partial charge in [-0.25, -0.2) is 4.99 Å². The van der Waals surface area contributed by atoms with Gasteiger partial charge in [-0.05, 0) is 58.4 Å². The Bertz CT molecular complexity index is 1190. The molecule has 27 heavy (non-hydrogen) atoms. The van der Waals surface area contributed by atoms with Crippen molar-refractivity contribution in [3.8, 4) is 0 Å². The third-order valence-corrected chi connectivity index (χ3v) is 4.63. The summed E-state index contributed by atoms with van der Waals surface area (Å²) in [6.07, 6.45) is 0. The molecule has 0 fully saturated rings. The Balaban J connectivity index is 1.75. The molecule has 8 heteroatoms. The van der Waals surface area contributed by atoms with Gasteiger partial charge >= 0.3 is 0 Å². The second kappa shape index (κ2) is 7.09. The molecule has 0 radical (unpaired) electrons. The summed E-state index contributed by atoms with van der Waals surface area (Å²) in [5.41, 5.74) is 0.873. The van der Waals surface area contributed by atoms with E-state index in [0.29, 0.717) is 31.7 Å². The highest BCUT2D eigenvalue weighted by molar-refractivity contribution is 9.10. The number of halogens is 2. The van der Waals surface area contributed by atoms with Crippen LogP contribution in [-0.4, -0.2) is 11.8 Å². The molecular weight excluding hydrogens is 434 g/mol. The maximum atomic E-state index is 12.5. The number of carbonyl (C=O) groups excluding carboxylic acids is 2. The fourth-order valence-electron chi connectivity index (χ4n) is 2.74. The first-order valence-electron chi connectivity index (χ1n) is 7.93. The largest absolute Gasteiger partial charge is 0.444 e. The topological polar surface area (TPSA) is 84.0 Å². The van der Waals surface area contributed by atoms with E-state index in [9.17, 15) is 9.59 Å². The molecule has 1 aliphatic heterocycles. The van der Waals surface area contributed by atoms with Crippen LogP contribution in [0.1, 0.15) is 22.2 Å². The number of hydrogen-bond acceptors (Lipinski definition) is 4. The minimum Gasteiger partial charge on any atom is -0.444 e. The lowest BCUT2D eigenvalue weighted by molar-refractivity contribution is -0.119. The maximum Gasteiger partial charge on any atom is 0.291 e. The first kappa shape index (κ1) is 17.6. The van der Waals surface area contributed by atoms with Crippen LogP contribution in [0.25, 0.3) is 0 Å². The second-order valence-corrected chi connectivity index (χ2v) is 6.98. The third-order valence-electron chi connectivity index (χ3n) is 3.97. The summed E-state index contributed by atoms with van der Waals surface area (Å²) in [5.74, 6) is -0.748. The lowest BCUT2D eigenvalue weighted by Gasteiger charge is -2.17. The number of benzene rings is 2. The van der Waals surface area contributed by atoms with Crippen molar-refractivity contribution in [2.75, 3.05) is 5.32 Å². The lowest BCUT2D eigenvalue weighted by atomic mass is 10.0. The molecular formula is C19H11BrClN3O3. The van der Waals surface area contributed by atoms with Crippen LogP contribution < -0.4 is 16.0 Å². The zero-order valence-electron chi connectivity index (χ0n) is 13.6. The number of anilines is 1. The number of rotatable bonds is 3. The van der Waals surface area contributed by atoms with Gasteiger partial charge in [0.1, 0.15) is 0 Å². The molecule has 0 bridgehead atoms. The zero-order valence-corrected chi connectivity index (χ0v) is 16.0. The van der Waals surface area contributed by atoms with Gasteiger partial charge in [-0.15, -0.1) is 0 Å². The first-order chi connectivity index (χ1) is 13.0. The maximum absolute atomic E-state index is 12.5. The number of para-hydroxylation sites is 2. The number of hydrogen-bond donors (Lipinski definition) is 1. The molecule has 2 heterocycles. The van der Waals surface area contributed by atoms with Crippen LogP contribution in [0.15, 0.2) is 73.7 Å². The van der Waals surface area contributed by atoms with E-state index in [2.05, 4.69) is 31.2 Å². The highest BCUT2D eigenvalue weighted by atomic mass is 79.9. The van der Waals surface area contributed by atoms with Gasteiger partial charge in [-0.1, -0.05) is 23.7 Å². The van der Waals surface area contributed by atoms with Gasteiger partial charge in [0.15, 0.2) is 16.5 Å². The Hall–Kier alpha value is -2.77. The van der Waals surface area contributed by atoms with Gasteiger partial charge in [0, 0.05) is 16.3 Å². The van der Waals surface area contributed by atoms with Crippen LogP contribution in [0, 0.1) is 0 Å². The van der Waals surface area contributed by atoms with Crippen molar-refractivity contribution in [1.29, 1.82) is 0 Å². The quantitative estimate of drug-likeness (QED) is 0.671. The van der Waals surface area contributed by atoms with Gasteiger partial charge in [-0.2, -0.15) is 0 Å². The molecule has 0 saturated carbocycles. The normalized spacial score (nSPS) is 15.5. The van der Waals surface area contributed by atoms with Crippen molar-refractivity contribution < 1.29 is 14.0 Å². The van der Waals surface area contributed by atoms with E-state index >= 15 is 0 Å². The van der Waals surface area contributed by atoms with E-state index in [4.69, 9.17) is 16.0 Å². The van der Waals surface area contributed by atoms with Crippen LogP contribution in [0.5, 0.6) is 0 Å². The molecule has 1 N–H and O–H groups in total. The molecule has 3 aromatic rings. The van der Waals surface area contributed by atoms with E-state index in [1.54, 1.807) is 42.5 Å². The number of carbonyl (C=O) groups is 2. The van der Waals surface area contributed by atoms with Crippen LogP contribution in [0.3, 0.4) is 0 Å². The van der Waals surface area contributed by atoms with Crippen molar-refractivity contribution in [1.82, 2.24) is 0 Å². The Morgan fingerprint density at radius 1 is 1.11 bits per heavy atom. The van der Waals surface area contributed by atoms with Gasteiger partial charge in [0.25, 0.3) is 11.8 Å². The minimum absolute atomic E-state index is 0.129. The van der Waals surface area contributed by atoms with Gasteiger partial charge in [0.2, 0.25) is 0 Å². The number of furan rings is 1. The predicted octanol–water partition coefficient (Wildman–Crippen LogP) is 3.47. The Morgan fingerprint density at radius 2 is 1.89 bits per heavy atom. The highest BCUT2D eigenvalue weighted by Gasteiger charge is 2.26. The average molecular weight is 445 g/mol. The molecule has 2 aromatic carbocycles. The van der Waals surface area contributed by atoms with E-state index in [1.807, 2.05) is 6.07 Å². The zero-order chi connectivity index (χ0) is 19.0. The van der Waals surface area contributed by atoms with Gasteiger partial charge in [0.05, 0.1) is 10.7 Å². The highest BCUT2D eigenvalue weighted by Crippen LogP contribution is 2.30. The summed E-state index contributed by atoms with van der Waals surface area (Å²) in [4.78, 5) is 33.6. The SMILES string of the molecule is O=C(Nc1ccc(Cl)cc1C1N=c2ccccc2=NC1=O)c1ccc(Br)o1. The average Bonchev–Trinajstić information content (AvgIpc) is 3.09. The Kier molecular flexibility index (Phi) is 4.63. The summed E-state index contributed by atoms with van der Waals surface area (Å²) in [7, 11) is 0. The summed E-state index contributed by atoms with van der Waals surface area (Å²) < 4.78 is 5.71. The molecule has 1 aliphatic rings. The fourth-order valence-corrected chi connectivity index (χ4v) is 3.23. The summed E-state index contributed by atoms with van der Waals surface area (Å²) in [5, 5.41) is 4.29. The molecule has 1 aromatic heterocycles. The first-order valence-corrected chi connectivity index (χ1v) is 9.10. The van der Waals surface area contributed by atoms with Crippen LogP contribution in [0.4, 0.5) is 5.69 Å². The molecule has 0 saturated heterocycles. The lowest BCUT2D eigenvalue weighted by Crippen LogP contribution is -2.33. The van der Waals surface area contributed by atoms with Crippen LogP contribution in [-0.2, 0) is 4.79 Å². The Labute approximate surface area is 166 Å². The number of amides is 2. The molecule has 1 unspecified atom stereocenters. The smallest absolute Gasteiger partial charge is 0.291 e. The van der Waals surface area contributed by atoms with Crippen LogP contribution >= 0.6 is 27.5 Å². The third kappa shape index (κ3) is 3.56. The standard InChI is InChI=1S/C19H11BrClN3O3/c20-16-8-7-15(27-16)18(25)23-12-6-5-10(21)9-11(12)17-19(26)24-14-4-2-1-3-13(14)22-17/h1-9,17H,(H,23,25).